The number of hydrogen-bond acceptors (Lipinski definition) is 2. The van der Waals surface area contributed by atoms with Crippen molar-refractivity contribution in [2.24, 2.45) is 5.73 Å². The molecule has 0 aliphatic carbocycles. The van der Waals surface area contributed by atoms with Crippen LogP contribution in [-0.4, -0.2) is 16.0 Å². The Balaban J connectivity index is 2.72. The lowest BCUT2D eigenvalue weighted by Gasteiger charge is -2.14. The maximum Gasteiger partial charge on any atom is 0.0488 e. The Kier molecular flexibility index (Phi) is 5.86. The predicted octanol–water partition coefficient (Wildman–Crippen LogP) is 2.68. The summed E-state index contributed by atoms with van der Waals surface area (Å²) < 4.78 is 12.2. The van der Waals surface area contributed by atoms with Crippen LogP contribution in [0.2, 0.25) is 0 Å². The summed E-state index contributed by atoms with van der Waals surface area (Å²) in [6.45, 7) is 6.87. The minimum Gasteiger partial charge on any atom is -0.330 e. The Labute approximate surface area is 107 Å². The first-order valence-electron chi connectivity index (χ1n) is 6.21. The molecule has 0 radical (unpaired) electrons. The lowest BCUT2D eigenvalue weighted by Crippen LogP contribution is -2.20. The Morgan fingerprint density at radius 1 is 1.24 bits per heavy atom. The molecule has 0 spiro atoms. The van der Waals surface area contributed by atoms with Crippen molar-refractivity contribution in [3.63, 3.8) is 0 Å². The van der Waals surface area contributed by atoms with Gasteiger partial charge in [0, 0.05) is 21.8 Å². The summed E-state index contributed by atoms with van der Waals surface area (Å²) in [5.41, 5.74) is 9.21. The quantitative estimate of drug-likeness (QED) is 0.847. The summed E-state index contributed by atoms with van der Waals surface area (Å²) >= 11 is 0. The van der Waals surface area contributed by atoms with E-state index in [4.69, 9.17) is 5.73 Å². The first-order valence-corrected chi connectivity index (χ1v) is 7.59. The topological polar surface area (TPSA) is 43.1 Å². The number of benzene rings is 1. The van der Waals surface area contributed by atoms with E-state index in [0.29, 0.717) is 12.3 Å². The molecule has 3 heteroatoms. The smallest absolute Gasteiger partial charge is 0.0488 e. The second-order valence-corrected chi connectivity index (χ2v) is 6.35. The van der Waals surface area contributed by atoms with Crippen LogP contribution in [0.4, 0.5) is 0 Å². The Hall–Kier alpha value is -0.670. The zero-order valence-corrected chi connectivity index (χ0v) is 11.8. The first-order chi connectivity index (χ1) is 8.06. The van der Waals surface area contributed by atoms with Gasteiger partial charge in [0.25, 0.3) is 0 Å². The highest BCUT2D eigenvalue weighted by atomic mass is 32.2. The zero-order valence-electron chi connectivity index (χ0n) is 11.0. The molecule has 1 aromatic rings. The Bertz CT molecular complexity index is 370. The Morgan fingerprint density at radius 2 is 1.82 bits per heavy atom. The first kappa shape index (κ1) is 14.4. The fraction of sp³-hybridized carbons (Fsp3) is 0.571. The van der Waals surface area contributed by atoms with Crippen molar-refractivity contribution in [2.75, 3.05) is 6.54 Å². The minimum atomic E-state index is -0.805. The third-order valence-electron chi connectivity index (χ3n) is 2.91. The molecular formula is C14H23NOS. The standard InChI is InChI=1S/C14H23NOS/c1-4-14(5-6-15)17(16)10-13-8-11(2)7-12(3)9-13/h7-9,14H,4-6,10,15H2,1-3H3. The van der Waals surface area contributed by atoms with E-state index in [1.165, 1.54) is 16.7 Å². The monoisotopic (exact) mass is 253 g/mol. The summed E-state index contributed by atoms with van der Waals surface area (Å²) in [5.74, 6) is 0.654. The maximum absolute atomic E-state index is 12.2. The molecule has 0 aliphatic rings. The van der Waals surface area contributed by atoms with Gasteiger partial charge in [0.1, 0.15) is 0 Å². The van der Waals surface area contributed by atoms with Crippen molar-refractivity contribution < 1.29 is 4.21 Å². The molecule has 96 valence electrons. The second-order valence-electron chi connectivity index (χ2n) is 4.63. The molecule has 0 bridgehead atoms. The molecule has 0 heterocycles. The van der Waals surface area contributed by atoms with Crippen molar-refractivity contribution in [2.45, 2.75) is 44.6 Å². The van der Waals surface area contributed by atoms with Crippen LogP contribution in [0.5, 0.6) is 0 Å². The van der Waals surface area contributed by atoms with Crippen molar-refractivity contribution in [1.82, 2.24) is 0 Å². The summed E-state index contributed by atoms with van der Waals surface area (Å²) in [6, 6.07) is 6.39. The van der Waals surface area contributed by atoms with Crippen LogP contribution < -0.4 is 5.73 Å². The lowest BCUT2D eigenvalue weighted by atomic mass is 10.1. The van der Waals surface area contributed by atoms with Gasteiger partial charge in [-0.25, -0.2) is 0 Å². The fourth-order valence-electron chi connectivity index (χ4n) is 2.14. The summed E-state index contributed by atoms with van der Waals surface area (Å²) in [7, 11) is -0.805. The molecule has 0 amide bonds. The van der Waals surface area contributed by atoms with E-state index in [1.54, 1.807) is 0 Å². The molecule has 0 aliphatic heterocycles. The van der Waals surface area contributed by atoms with Crippen molar-refractivity contribution in [3.05, 3.63) is 34.9 Å². The third kappa shape index (κ3) is 4.60. The molecule has 0 saturated heterocycles. The van der Waals surface area contributed by atoms with E-state index in [9.17, 15) is 4.21 Å². The largest absolute Gasteiger partial charge is 0.330 e. The number of rotatable bonds is 6. The molecule has 2 N–H and O–H groups in total. The van der Waals surface area contributed by atoms with Crippen LogP contribution in [0.15, 0.2) is 18.2 Å². The highest BCUT2D eigenvalue weighted by Gasteiger charge is 2.14. The Morgan fingerprint density at radius 3 is 2.29 bits per heavy atom. The van der Waals surface area contributed by atoms with E-state index in [1.807, 2.05) is 0 Å². The minimum absolute atomic E-state index is 0.237. The average molecular weight is 253 g/mol. The average Bonchev–Trinajstić information content (AvgIpc) is 2.24. The van der Waals surface area contributed by atoms with Gasteiger partial charge in [0.15, 0.2) is 0 Å². The van der Waals surface area contributed by atoms with Crippen LogP contribution in [0.1, 0.15) is 36.5 Å². The maximum atomic E-state index is 12.2. The van der Waals surface area contributed by atoms with Crippen LogP contribution in [0.3, 0.4) is 0 Å². The molecular weight excluding hydrogens is 230 g/mol. The van der Waals surface area contributed by atoms with E-state index >= 15 is 0 Å². The molecule has 1 rings (SSSR count). The number of nitrogens with two attached hydrogens (primary N) is 1. The SMILES string of the molecule is CCC(CCN)S(=O)Cc1cc(C)cc(C)c1. The van der Waals surface area contributed by atoms with Gasteiger partial charge < -0.3 is 5.73 Å². The van der Waals surface area contributed by atoms with E-state index < -0.39 is 10.8 Å². The molecule has 2 unspecified atom stereocenters. The van der Waals surface area contributed by atoms with Crippen LogP contribution in [-0.2, 0) is 16.6 Å². The molecule has 2 nitrogen and oxygen atoms in total. The van der Waals surface area contributed by atoms with Crippen molar-refractivity contribution in [1.29, 1.82) is 0 Å². The van der Waals surface area contributed by atoms with E-state index in [2.05, 4.69) is 39.0 Å². The number of hydrogen-bond donors (Lipinski definition) is 1. The fourth-order valence-corrected chi connectivity index (χ4v) is 3.64. The predicted molar refractivity (Wildman–Crippen MR) is 75.5 cm³/mol. The molecule has 1 aromatic carbocycles. The van der Waals surface area contributed by atoms with Gasteiger partial charge in [-0.15, -0.1) is 0 Å². The van der Waals surface area contributed by atoms with Gasteiger partial charge in [-0.1, -0.05) is 36.2 Å². The van der Waals surface area contributed by atoms with Gasteiger partial charge >= 0.3 is 0 Å². The van der Waals surface area contributed by atoms with E-state index in [-0.39, 0.29) is 5.25 Å². The van der Waals surface area contributed by atoms with Crippen molar-refractivity contribution >= 4 is 10.8 Å². The molecule has 2 atom stereocenters. The highest BCUT2D eigenvalue weighted by Crippen LogP contribution is 2.15. The van der Waals surface area contributed by atoms with E-state index in [0.717, 1.165) is 12.8 Å². The number of aryl methyl sites for hydroxylation is 2. The molecule has 0 aromatic heterocycles. The molecule has 0 saturated carbocycles. The second kappa shape index (κ2) is 6.92. The highest BCUT2D eigenvalue weighted by molar-refractivity contribution is 7.84. The summed E-state index contributed by atoms with van der Waals surface area (Å²) in [6.07, 6.45) is 1.79. The summed E-state index contributed by atoms with van der Waals surface area (Å²) in [4.78, 5) is 0. The molecule has 17 heavy (non-hydrogen) atoms. The zero-order chi connectivity index (χ0) is 12.8. The van der Waals surface area contributed by atoms with Gasteiger partial charge in [0.2, 0.25) is 0 Å². The summed E-state index contributed by atoms with van der Waals surface area (Å²) in [5, 5.41) is 0.237. The normalized spacial score (nSPS) is 14.6. The van der Waals surface area contributed by atoms with Crippen molar-refractivity contribution in [3.8, 4) is 0 Å². The third-order valence-corrected chi connectivity index (χ3v) is 4.84. The van der Waals surface area contributed by atoms with Gasteiger partial charge in [-0.2, -0.15) is 0 Å². The van der Waals surface area contributed by atoms with Crippen LogP contribution >= 0.6 is 0 Å². The van der Waals surface area contributed by atoms with Crippen LogP contribution in [0.25, 0.3) is 0 Å². The lowest BCUT2D eigenvalue weighted by molar-refractivity contribution is 0.649. The van der Waals surface area contributed by atoms with Gasteiger partial charge in [-0.3, -0.25) is 4.21 Å². The van der Waals surface area contributed by atoms with Gasteiger partial charge in [-0.05, 0) is 38.8 Å². The van der Waals surface area contributed by atoms with Gasteiger partial charge in [0.05, 0.1) is 0 Å². The molecule has 0 fully saturated rings. The van der Waals surface area contributed by atoms with Crippen LogP contribution in [0, 0.1) is 13.8 Å².